The number of aromatic nitrogens is 2. The van der Waals surface area contributed by atoms with Crippen LogP contribution in [0.1, 0.15) is 5.69 Å². The molecule has 0 atom stereocenters. The minimum atomic E-state index is -4.58. The molecule has 0 aliphatic heterocycles. The van der Waals surface area contributed by atoms with Gasteiger partial charge in [-0.25, -0.2) is 15.8 Å². The number of nitrogens with zero attached hydrogens (tertiary/aromatic N) is 2. The Morgan fingerprint density at radius 3 is 2.41 bits per heavy atom. The zero-order valence-electron chi connectivity index (χ0n) is 11.2. The molecule has 0 spiro atoms. The van der Waals surface area contributed by atoms with Crippen molar-refractivity contribution < 1.29 is 13.2 Å². The summed E-state index contributed by atoms with van der Waals surface area (Å²) in [4.78, 5) is 7.40. The Kier molecular flexibility index (Phi) is 3.42. The van der Waals surface area contributed by atoms with Crippen molar-refractivity contribution in [3.63, 3.8) is 0 Å². The fourth-order valence-corrected chi connectivity index (χ4v) is 2.24. The Morgan fingerprint density at radius 1 is 0.955 bits per heavy atom. The number of alkyl halides is 3. The van der Waals surface area contributed by atoms with Gasteiger partial charge in [0.1, 0.15) is 0 Å². The minimum absolute atomic E-state index is 0.159. The second-order valence-electron chi connectivity index (χ2n) is 4.63. The van der Waals surface area contributed by atoms with E-state index in [9.17, 15) is 13.2 Å². The highest BCUT2D eigenvalue weighted by molar-refractivity contribution is 5.95. The summed E-state index contributed by atoms with van der Waals surface area (Å²) in [7, 11) is 0. The summed E-state index contributed by atoms with van der Waals surface area (Å²) >= 11 is 0. The molecule has 3 aromatic rings. The predicted molar refractivity (Wildman–Crippen MR) is 77.8 cm³/mol. The molecule has 1 aromatic heterocycles. The standard InChI is InChI=1S/C15H11F3N4/c16-15(17,18)13-8-12(20-14(21-13)22-19)11-7-3-5-9-4-1-2-6-10(9)11/h1-8H,19H2,(H,20,21,22). The third kappa shape index (κ3) is 2.58. The Balaban J connectivity index is 2.26. The van der Waals surface area contributed by atoms with Crippen molar-refractivity contribution in [1.82, 2.24) is 9.97 Å². The van der Waals surface area contributed by atoms with Crippen molar-refractivity contribution in [3.05, 3.63) is 54.2 Å². The van der Waals surface area contributed by atoms with Gasteiger partial charge in [0.2, 0.25) is 5.95 Å². The first-order valence-corrected chi connectivity index (χ1v) is 6.40. The van der Waals surface area contributed by atoms with Crippen LogP contribution in [-0.4, -0.2) is 9.97 Å². The lowest BCUT2D eigenvalue weighted by atomic mass is 10.0. The van der Waals surface area contributed by atoms with Crippen LogP contribution in [0, 0.1) is 0 Å². The van der Waals surface area contributed by atoms with Crippen molar-refractivity contribution in [2.45, 2.75) is 6.18 Å². The van der Waals surface area contributed by atoms with E-state index in [-0.39, 0.29) is 11.6 Å². The maximum atomic E-state index is 13.0. The molecular formula is C15H11F3N4. The summed E-state index contributed by atoms with van der Waals surface area (Å²) in [6.45, 7) is 0. The topological polar surface area (TPSA) is 63.8 Å². The number of nitrogens with two attached hydrogens (primary N) is 1. The van der Waals surface area contributed by atoms with Crippen LogP contribution in [0.2, 0.25) is 0 Å². The fraction of sp³-hybridized carbons (Fsp3) is 0.0667. The molecule has 2 aromatic carbocycles. The molecule has 3 N–H and O–H groups in total. The molecule has 0 saturated heterocycles. The van der Waals surface area contributed by atoms with Gasteiger partial charge in [-0.3, -0.25) is 5.43 Å². The molecule has 0 radical (unpaired) electrons. The smallest absolute Gasteiger partial charge is 0.292 e. The quantitative estimate of drug-likeness (QED) is 0.561. The van der Waals surface area contributed by atoms with E-state index in [4.69, 9.17) is 5.84 Å². The number of hydrogen-bond donors (Lipinski definition) is 2. The van der Waals surface area contributed by atoms with Gasteiger partial charge >= 0.3 is 6.18 Å². The third-order valence-corrected chi connectivity index (χ3v) is 3.21. The molecule has 7 heteroatoms. The van der Waals surface area contributed by atoms with Gasteiger partial charge in [0, 0.05) is 5.56 Å². The lowest BCUT2D eigenvalue weighted by Gasteiger charge is -2.11. The van der Waals surface area contributed by atoms with Gasteiger partial charge in [-0.2, -0.15) is 13.2 Å². The van der Waals surface area contributed by atoms with Crippen LogP contribution in [0.4, 0.5) is 19.1 Å². The van der Waals surface area contributed by atoms with Crippen molar-refractivity contribution in [2.24, 2.45) is 5.84 Å². The van der Waals surface area contributed by atoms with E-state index in [2.05, 4.69) is 15.4 Å². The number of hydrogen-bond acceptors (Lipinski definition) is 4. The molecular weight excluding hydrogens is 293 g/mol. The van der Waals surface area contributed by atoms with E-state index in [0.717, 1.165) is 16.8 Å². The first-order chi connectivity index (χ1) is 10.5. The average Bonchev–Trinajstić information content (AvgIpc) is 2.53. The fourth-order valence-electron chi connectivity index (χ4n) is 2.24. The number of nitrogen functional groups attached to an aromatic ring is 1. The van der Waals surface area contributed by atoms with Crippen molar-refractivity contribution in [3.8, 4) is 11.3 Å². The van der Waals surface area contributed by atoms with Crippen LogP contribution < -0.4 is 11.3 Å². The molecule has 0 amide bonds. The normalized spacial score (nSPS) is 11.6. The highest BCUT2D eigenvalue weighted by Gasteiger charge is 2.33. The Labute approximate surface area is 123 Å². The van der Waals surface area contributed by atoms with Crippen LogP contribution in [0.15, 0.2) is 48.5 Å². The number of hydrazine groups is 1. The number of fused-ring (bicyclic) bond motifs is 1. The summed E-state index contributed by atoms with van der Waals surface area (Å²) in [5, 5.41) is 1.72. The molecule has 1 heterocycles. The second kappa shape index (κ2) is 5.27. The Hall–Kier alpha value is -2.67. The largest absolute Gasteiger partial charge is 0.433 e. The molecule has 4 nitrogen and oxygen atoms in total. The van der Waals surface area contributed by atoms with Gasteiger partial charge in [0.25, 0.3) is 0 Å². The van der Waals surface area contributed by atoms with Crippen molar-refractivity contribution in [2.75, 3.05) is 5.43 Å². The number of benzene rings is 2. The van der Waals surface area contributed by atoms with Gasteiger partial charge in [-0.15, -0.1) is 0 Å². The monoisotopic (exact) mass is 304 g/mol. The Bertz CT molecular complexity index is 825. The molecule has 3 rings (SSSR count). The van der Waals surface area contributed by atoms with Crippen LogP contribution >= 0.6 is 0 Å². The van der Waals surface area contributed by atoms with Crippen molar-refractivity contribution >= 4 is 16.7 Å². The van der Waals surface area contributed by atoms with Gasteiger partial charge in [0.05, 0.1) is 5.69 Å². The van der Waals surface area contributed by atoms with E-state index >= 15 is 0 Å². The SMILES string of the molecule is NNc1nc(-c2cccc3ccccc23)cc(C(F)(F)F)n1. The van der Waals surface area contributed by atoms with Crippen LogP contribution in [0.3, 0.4) is 0 Å². The first-order valence-electron chi connectivity index (χ1n) is 6.40. The van der Waals surface area contributed by atoms with E-state index in [1.54, 1.807) is 12.1 Å². The number of nitrogens with one attached hydrogen (secondary N) is 1. The lowest BCUT2D eigenvalue weighted by molar-refractivity contribution is -0.141. The maximum absolute atomic E-state index is 13.0. The van der Waals surface area contributed by atoms with Crippen molar-refractivity contribution in [1.29, 1.82) is 0 Å². The molecule has 0 aliphatic rings. The molecule has 112 valence electrons. The summed E-state index contributed by atoms with van der Waals surface area (Å²) < 4.78 is 38.9. The van der Waals surface area contributed by atoms with E-state index < -0.39 is 11.9 Å². The summed E-state index contributed by atoms with van der Waals surface area (Å²) in [5.74, 6) is 4.90. The molecule has 0 unspecified atom stereocenters. The lowest BCUT2D eigenvalue weighted by Crippen LogP contribution is -2.15. The zero-order valence-corrected chi connectivity index (χ0v) is 11.2. The van der Waals surface area contributed by atoms with Gasteiger partial charge in [0.15, 0.2) is 5.69 Å². The highest BCUT2D eigenvalue weighted by atomic mass is 19.4. The zero-order chi connectivity index (χ0) is 15.7. The Morgan fingerprint density at radius 2 is 1.68 bits per heavy atom. The van der Waals surface area contributed by atoms with Crippen LogP contribution in [-0.2, 0) is 6.18 Å². The molecule has 0 saturated carbocycles. The average molecular weight is 304 g/mol. The third-order valence-electron chi connectivity index (χ3n) is 3.21. The molecule has 0 aliphatic carbocycles. The molecule has 0 fully saturated rings. The highest BCUT2D eigenvalue weighted by Crippen LogP contribution is 2.33. The first kappa shape index (κ1) is 14.3. The minimum Gasteiger partial charge on any atom is -0.292 e. The number of halogens is 3. The van der Waals surface area contributed by atoms with E-state index in [1.165, 1.54) is 0 Å². The molecule has 0 bridgehead atoms. The summed E-state index contributed by atoms with van der Waals surface area (Å²) in [5.41, 5.74) is 1.78. The van der Waals surface area contributed by atoms with Gasteiger partial charge in [-0.05, 0) is 16.8 Å². The molecule has 22 heavy (non-hydrogen) atoms. The van der Waals surface area contributed by atoms with Gasteiger partial charge in [-0.1, -0.05) is 42.5 Å². The number of anilines is 1. The van der Waals surface area contributed by atoms with Gasteiger partial charge < -0.3 is 0 Å². The second-order valence-corrected chi connectivity index (χ2v) is 4.63. The summed E-state index contributed by atoms with van der Waals surface area (Å²) in [6, 6.07) is 13.7. The van der Waals surface area contributed by atoms with Crippen LogP contribution in [0.5, 0.6) is 0 Å². The van der Waals surface area contributed by atoms with E-state index in [0.29, 0.717) is 5.56 Å². The van der Waals surface area contributed by atoms with Crippen LogP contribution in [0.25, 0.3) is 22.0 Å². The maximum Gasteiger partial charge on any atom is 0.433 e. The number of rotatable bonds is 2. The predicted octanol–water partition coefficient (Wildman–Crippen LogP) is 3.60. The summed E-state index contributed by atoms with van der Waals surface area (Å²) in [6.07, 6.45) is -4.58. The van der Waals surface area contributed by atoms with E-state index in [1.807, 2.05) is 30.3 Å².